The van der Waals surface area contributed by atoms with Crippen molar-refractivity contribution in [1.82, 2.24) is 24.9 Å². The maximum atomic E-state index is 13.3. The van der Waals surface area contributed by atoms with Gasteiger partial charge in [-0.05, 0) is 55.5 Å². The second-order valence-electron chi connectivity index (χ2n) is 8.55. The number of carbonyl (C=O) groups excluding carboxylic acids is 1. The van der Waals surface area contributed by atoms with E-state index in [1.165, 1.54) is 12.1 Å². The number of nitrogens with one attached hydrogen (secondary N) is 1. The van der Waals surface area contributed by atoms with Gasteiger partial charge in [0.25, 0.3) is 0 Å². The lowest BCUT2D eigenvalue weighted by Gasteiger charge is -2.36. The van der Waals surface area contributed by atoms with E-state index in [2.05, 4.69) is 29.4 Å². The van der Waals surface area contributed by atoms with Crippen molar-refractivity contribution in [2.75, 3.05) is 0 Å². The predicted octanol–water partition coefficient (Wildman–Crippen LogP) is 3.74. The highest BCUT2D eigenvalue weighted by atomic mass is 19.1. The van der Waals surface area contributed by atoms with E-state index in [0.29, 0.717) is 13.0 Å². The minimum absolute atomic E-state index is 0.00285. The van der Waals surface area contributed by atoms with Crippen LogP contribution in [0.3, 0.4) is 0 Å². The Labute approximate surface area is 169 Å². The van der Waals surface area contributed by atoms with Gasteiger partial charge in [-0.1, -0.05) is 13.8 Å². The van der Waals surface area contributed by atoms with Crippen LogP contribution in [0.1, 0.15) is 49.7 Å². The number of hydrogen-bond acceptors (Lipinski definition) is 3. The third-order valence-corrected chi connectivity index (χ3v) is 5.57. The van der Waals surface area contributed by atoms with Crippen molar-refractivity contribution in [2.45, 2.75) is 52.6 Å². The summed E-state index contributed by atoms with van der Waals surface area (Å²) >= 11 is 0. The van der Waals surface area contributed by atoms with Gasteiger partial charge in [-0.15, -0.1) is 0 Å². The summed E-state index contributed by atoms with van der Waals surface area (Å²) in [6.07, 6.45) is 5.64. The molecule has 0 spiro atoms. The van der Waals surface area contributed by atoms with E-state index in [1.54, 1.807) is 18.3 Å². The van der Waals surface area contributed by atoms with Gasteiger partial charge in [0, 0.05) is 30.4 Å². The molecule has 2 heterocycles. The molecule has 0 saturated carbocycles. The molecule has 0 fully saturated rings. The molecular weight excluding hydrogens is 369 g/mol. The molecule has 1 aliphatic rings. The zero-order valence-corrected chi connectivity index (χ0v) is 17.0. The lowest BCUT2D eigenvalue weighted by molar-refractivity contribution is -0.122. The molecule has 0 unspecified atom stereocenters. The highest BCUT2D eigenvalue weighted by molar-refractivity contribution is 5.76. The molecule has 1 atom stereocenters. The molecule has 2 aromatic heterocycles. The van der Waals surface area contributed by atoms with E-state index in [-0.39, 0.29) is 23.2 Å². The van der Waals surface area contributed by atoms with Gasteiger partial charge in [-0.2, -0.15) is 10.2 Å². The van der Waals surface area contributed by atoms with Crippen LogP contribution in [-0.4, -0.2) is 25.5 Å². The maximum Gasteiger partial charge on any atom is 0.222 e. The second-order valence-corrected chi connectivity index (χ2v) is 8.55. The van der Waals surface area contributed by atoms with Crippen LogP contribution in [0.25, 0.3) is 5.69 Å². The van der Waals surface area contributed by atoms with E-state index >= 15 is 0 Å². The van der Waals surface area contributed by atoms with Crippen LogP contribution in [0.4, 0.5) is 4.39 Å². The Morgan fingerprint density at radius 2 is 2.00 bits per heavy atom. The van der Waals surface area contributed by atoms with Crippen LogP contribution in [0.15, 0.2) is 42.7 Å². The predicted molar refractivity (Wildman–Crippen MR) is 108 cm³/mol. The van der Waals surface area contributed by atoms with E-state index in [4.69, 9.17) is 0 Å². The van der Waals surface area contributed by atoms with Gasteiger partial charge in [0.15, 0.2) is 0 Å². The Balaban J connectivity index is 1.54. The Morgan fingerprint density at radius 3 is 2.69 bits per heavy atom. The minimum Gasteiger partial charge on any atom is -0.349 e. The first-order chi connectivity index (χ1) is 13.8. The number of fused-ring (bicyclic) bond motifs is 1. The average molecular weight is 395 g/mol. The van der Waals surface area contributed by atoms with E-state index in [0.717, 1.165) is 35.5 Å². The number of carbonyl (C=O) groups is 1. The standard InChI is InChI=1S/C22H26FN5O/c1-15-8-10-24-27(15)11-9-21(29)26-19-12-22(2,3)13-20-18(19)14-25-28(20)17-6-4-16(23)5-7-17/h4-8,10,14,19H,9,11-13H2,1-3H3,(H,26,29)/t19-/m1/s1. The van der Waals surface area contributed by atoms with Gasteiger partial charge in [0.05, 0.1) is 23.6 Å². The van der Waals surface area contributed by atoms with Crippen LogP contribution >= 0.6 is 0 Å². The van der Waals surface area contributed by atoms with Gasteiger partial charge in [-0.25, -0.2) is 9.07 Å². The van der Waals surface area contributed by atoms with Gasteiger partial charge < -0.3 is 5.32 Å². The van der Waals surface area contributed by atoms with Gasteiger partial charge in [0.2, 0.25) is 5.91 Å². The maximum absolute atomic E-state index is 13.3. The third-order valence-electron chi connectivity index (χ3n) is 5.57. The van der Waals surface area contributed by atoms with Crippen molar-refractivity contribution in [3.8, 4) is 5.69 Å². The zero-order valence-electron chi connectivity index (χ0n) is 17.0. The van der Waals surface area contributed by atoms with Crippen LogP contribution in [0.2, 0.25) is 0 Å². The molecule has 7 heteroatoms. The molecule has 0 aliphatic heterocycles. The van der Waals surface area contributed by atoms with Gasteiger partial charge >= 0.3 is 0 Å². The number of benzene rings is 1. The summed E-state index contributed by atoms with van der Waals surface area (Å²) in [6, 6.07) is 8.17. The quantitative estimate of drug-likeness (QED) is 0.716. The molecule has 1 N–H and O–H groups in total. The van der Waals surface area contributed by atoms with Crippen molar-refractivity contribution < 1.29 is 9.18 Å². The number of nitrogens with zero attached hydrogens (tertiary/aromatic N) is 4. The fourth-order valence-electron chi connectivity index (χ4n) is 4.08. The largest absolute Gasteiger partial charge is 0.349 e. The first-order valence-electron chi connectivity index (χ1n) is 9.93. The van der Waals surface area contributed by atoms with Crippen LogP contribution in [0.5, 0.6) is 0 Å². The third kappa shape index (κ3) is 4.09. The molecule has 1 aromatic carbocycles. The normalized spacial score (nSPS) is 17.7. The van der Waals surface area contributed by atoms with Crippen molar-refractivity contribution >= 4 is 5.91 Å². The summed E-state index contributed by atoms with van der Waals surface area (Å²) < 4.78 is 17.0. The van der Waals surface area contributed by atoms with Gasteiger partial charge in [-0.3, -0.25) is 9.48 Å². The van der Waals surface area contributed by atoms with Crippen molar-refractivity contribution in [3.05, 3.63) is 65.5 Å². The number of rotatable bonds is 5. The van der Waals surface area contributed by atoms with Crippen molar-refractivity contribution in [2.24, 2.45) is 5.41 Å². The van der Waals surface area contributed by atoms with Gasteiger partial charge in [0.1, 0.15) is 5.82 Å². The molecule has 0 radical (unpaired) electrons. The Morgan fingerprint density at radius 1 is 1.24 bits per heavy atom. The highest BCUT2D eigenvalue weighted by Crippen LogP contribution is 2.41. The van der Waals surface area contributed by atoms with Crippen LogP contribution < -0.4 is 5.32 Å². The number of hydrogen-bond donors (Lipinski definition) is 1. The average Bonchev–Trinajstić information content (AvgIpc) is 3.26. The minimum atomic E-state index is -0.271. The summed E-state index contributed by atoms with van der Waals surface area (Å²) in [7, 11) is 0. The molecule has 1 amide bonds. The van der Waals surface area contributed by atoms with Crippen LogP contribution in [0, 0.1) is 18.2 Å². The fourth-order valence-corrected chi connectivity index (χ4v) is 4.08. The zero-order chi connectivity index (χ0) is 20.6. The number of aryl methyl sites for hydroxylation is 2. The Bertz CT molecular complexity index is 1020. The second kappa shape index (κ2) is 7.46. The molecule has 29 heavy (non-hydrogen) atoms. The summed E-state index contributed by atoms with van der Waals surface area (Å²) in [6.45, 7) is 6.93. The Kier molecular flexibility index (Phi) is 4.98. The highest BCUT2D eigenvalue weighted by Gasteiger charge is 2.36. The topological polar surface area (TPSA) is 64.7 Å². The summed E-state index contributed by atoms with van der Waals surface area (Å²) in [5, 5.41) is 12.0. The lowest BCUT2D eigenvalue weighted by Crippen LogP contribution is -2.37. The molecule has 4 rings (SSSR count). The number of amides is 1. The summed E-state index contributed by atoms with van der Waals surface area (Å²) in [5.41, 5.74) is 3.99. The molecule has 0 bridgehead atoms. The fraction of sp³-hybridized carbons (Fsp3) is 0.409. The Hall–Kier alpha value is -2.96. The molecule has 1 aliphatic carbocycles. The first-order valence-corrected chi connectivity index (χ1v) is 9.93. The number of aromatic nitrogens is 4. The summed E-state index contributed by atoms with van der Waals surface area (Å²) in [4.78, 5) is 12.6. The SMILES string of the molecule is Cc1ccnn1CCC(=O)N[C@@H]1CC(C)(C)Cc2c1cnn2-c1ccc(F)cc1. The smallest absolute Gasteiger partial charge is 0.222 e. The van der Waals surface area contributed by atoms with E-state index in [1.807, 2.05) is 28.6 Å². The molecule has 0 saturated heterocycles. The molecule has 6 nitrogen and oxygen atoms in total. The van der Waals surface area contributed by atoms with Crippen molar-refractivity contribution in [1.29, 1.82) is 0 Å². The first kappa shape index (κ1) is 19.4. The van der Waals surface area contributed by atoms with E-state index in [9.17, 15) is 9.18 Å². The number of halogens is 1. The molecule has 3 aromatic rings. The summed E-state index contributed by atoms with van der Waals surface area (Å²) in [5.74, 6) is -0.268. The van der Waals surface area contributed by atoms with Crippen LogP contribution in [-0.2, 0) is 17.8 Å². The molecule has 152 valence electrons. The lowest BCUT2D eigenvalue weighted by atomic mass is 9.74. The monoisotopic (exact) mass is 395 g/mol. The van der Waals surface area contributed by atoms with Crippen molar-refractivity contribution in [3.63, 3.8) is 0 Å². The van der Waals surface area contributed by atoms with E-state index < -0.39 is 0 Å². The molecular formula is C22H26FN5O.